The van der Waals surface area contributed by atoms with Gasteiger partial charge in [-0.2, -0.15) is 0 Å². The Balaban J connectivity index is 2.01. The maximum absolute atomic E-state index is 14.2. The molecule has 118 valence electrons. The van der Waals surface area contributed by atoms with Crippen molar-refractivity contribution in [3.8, 4) is 5.75 Å². The van der Waals surface area contributed by atoms with E-state index in [1.165, 1.54) is 31.4 Å². The molecule has 0 heterocycles. The van der Waals surface area contributed by atoms with Crippen molar-refractivity contribution in [1.29, 1.82) is 0 Å². The summed E-state index contributed by atoms with van der Waals surface area (Å²) in [5.74, 6) is 0.193. The number of ether oxygens (including phenoxy) is 1. The zero-order valence-corrected chi connectivity index (χ0v) is 13.1. The molecule has 1 nitrogen and oxygen atoms in total. The van der Waals surface area contributed by atoms with E-state index in [0.29, 0.717) is 12.2 Å². The van der Waals surface area contributed by atoms with Gasteiger partial charge in [-0.3, -0.25) is 0 Å². The topological polar surface area (TPSA) is 9.23 Å². The van der Waals surface area contributed by atoms with Gasteiger partial charge in [0.1, 0.15) is 5.82 Å². The molecule has 0 radical (unpaired) electrons. The zero-order valence-electron chi connectivity index (χ0n) is 13.1. The highest BCUT2D eigenvalue weighted by Gasteiger charge is 2.25. The highest BCUT2D eigenvalue weighted by atomic mass is 19.1. The van der Waals surface area contributed by atoms with Crippen molar-refractivity contribution >= 4 is 0 Å². The van der Waals surface area contributed by atoms with Gasteiger partial charge in [-0.25, -0.2) is 8.78 Å². The molecule has 2 rings (SSSR count). The van der Waals surface area contributed by atoms with Crippen LogP contribution in [0.3, 0.4) is 0 Å². The van der Waals surface area contributed by atoms with Gasteiger partial charge in [0.05, 0.1) is 6.61 Å². The first-order valence-corrected chi connectivity index (χ1v) is 8.27. The minimum atomic E-state index is -0.443. The largest absolute Gasteiger partial charge is 0.491 e. The summed E-state index contributed by atoms with van der Waals surface area (Å²) in [5, 5.41) is 0. The van der Waals surface area contributed by atoms with E-state index in [1.807, 2.05) is 0 Å². The molecule has 1 aromatic rings. The van der Waals surface area contributed by atoms with Crippen molar-refractivity contribution in [3.63, 3.8) is 0 Å². The molecule has 0 spiro atoms. The van der Waals surface area contributed by atoms with Gasteiger partial charge in [0.2, 0.25) is 0 Å². The molecule has 21 heavy (non-hydrogen) atoms. The average Bonchev–Trinajstić information content (AvgIpc) is 2.49. The average molecular weight is 296 g/mol. The number of hydrogen-bond acceptors (Lipinski definition) is 1. The number of hydrogen-bond donors (Lipinski definition) is 0. The number of unbranched alkanes of at least 4 members (excludes halogenated alkanes) is 1. The van der Waals surface area contributed by atoms with E-state index in [0.717, 1.165) is 31.6 Å². The summed E-state index contributed by atoms with van der Waals surface area (Å²) in [6, 6.07) is 2.55. The first kappa shape index (κ1) is 16.3. The van der Waals surface area contributed by atoms with E-state index in [2.05, 4.69) is 6.92 Å². The molecule has 1 fully saturated rings. The van der Waals surface area contributed by atoms with Crippen LogP contribution in [-0.4, -0.2) is 6.61 Å². The third-order valence-electron chi connectivity index (χ3n) is 4.60. The molecule has 0 amide bonds. The predicted octanol–water partition coefficient (Wildman–Crippen LogP) is 5.83. The molecule has 0 aromatic heterocycles. The Morgan fingerprint density at radius 2 is 1.76 bits per heavy atom. The van der Waals surface area contributed by atoms with Gasteiger partial charge in [-0.1, -0.05) is 26.2 Å². The SMILES string of the molecule is CCCC[C@H]1CC[C@H](c2cc(F)c(OCC)cc2F)CC1. The van der Waals surface area contributed by atoms with Gasteiger partial charge < -0.3 is 4.74 Å². The molecule has 1 aromatic carbocycles. The van der Waals surface area contributed by atoms with E-state index < -0.39 is 5.82 Å². The predicted molar refractivity (Wildman–Crippen MR) is 81.8 cm³/mol. The van der Waals surface area contributed by atoms with Crippen molar-refractivity contribution in [3.05, 3.63) is 29.3 Å². The van der Waals surface area contributed by atoms with Crippen LogP contribution in [-0.2, 0) is 0 Å². The van der Waals surface area contributed by atoms with Crippen molar-refractivity contribution in [2.75, 3.05) is 6.61 Å². The third kappa shape index (κ3) is 4.18. The van der Waals surface area contributed by atoms with Crippen molar-refractivity contribution in [1.82, 2.24) is 0 Å². The maximum atomic E-state index is 14.2. The molecule has 0 aliphatic heterocycles. The Bertz CT molecular complexity index is 451. The minimum absolute atomic E-state index is 0.0235. The molecule has 3 heteroatoms. The first-order valence-electron chi connectivity index (χ1n) is 8.27. The summed E-state index contributed by atoms with van der Waals surface area (Å²) < 4.78 is 33.2. The first-order chi connectivity index (χ1) is 10.2. The molecular weight excluding hydrogens is 270 g/mol. The molecule has 1 aliphatic carbocycles. The Kier molecular flexibility index (Phi) is 6.01. The lowest BCUT2D eigenvalue weighted by Gasteiger charge is -2.29. The van der Waals surface area contributed by atoms with Gasteiger partial charge in [-0.15, -0.1) is 0 Å². The summed E-state index contributed by atoms with van der Waals surface area (Å²) >= 11 is 0. The lowest BCUT2D eigenvalue weighted by Crippen LogP contribution is -2.14. The third-order valence-corrected chi connectivity index (χ3v) is 4.60. The van der Waals surface area contributed by atoms with Crippen LogP contribution >= 0.6 is 0 Å². The van der Waals surface area contributed by atoms with Crippen LogP contribution < -0.4 is 4.74 Å². The monoisotopic (exact) mass is 296 g/mol. The molecule has 0 atom stereocenters. The number of rotatable bonds is 6. The fourth-order valence-electron chi connectivity index (χ4n) is 3.38. The standard InChI is InChI=1S/C18H26F2O/c1-3-5-6-13-7-9-14(10-8-13)15-11-17(20)18(21-4-2)12-16(15)19/h11-14H,3-10H2,1-2H3/t13-,14-. The van der Waals surface area contributed by atoms with Gasteiger partial charge in [0, 0.05) is 6.07 Å². The normalized spacial score (nSPS) is 22.3. The second-order valence-corrected chi connectivity index (χ2v) is 6.10. The molecular formula is C18H26F2O. The molecule has 0 bridgehead atoms. The Labute approximate surface area is 126 Å². The highest BCUT2D eigenvalue weighted by Crippen LogP contribution is 2.39. The second kappa shape index (κ2) is 7.77. The van der Waals surface area contributed by atoms with E-state index in [4.69, 9.17) is 4.74 Å². The van der Waals surface area contributed by atoms with Crippen LogP contribution in [0.1, 0.15) is 70.3 Å². The van der Waals surface area contributed by atoms with Gasteiger partial charge in [0.25, 0.3) is 0 Å². The minimum Gasteiger partial charge on any atom is -0.491 e. The van der Waals surface area contributed by atoms with E-state index in [9.17, 15) is 8.78 Å². The van der Waals surface area contributed by atoms with Gasteiger partial charge >= 0.3 is 0 Å². The number of benzene rings is 1. The lowest BCUT2D eigenvalue weighted by atomic mass is 9.77. The highest BCUT2D eigenvalue weighted by molar-refractivity contribution is 5.33. The molecule has 1 aliphatic rings. The zero-order chi connectivity index (χ0) is 15.2. The number of halogens is 2. The molecule has 0 N–H and O–H groups in total. The molecule has 1 saturated carbocycles. The van der Waals surface area contributed by atoms with Crippen LogP contribution in [0.25, 0.3) is 0 Å². The fourth-order valence-corrected chi connectivity index (χ4v) is 3.38. The lowest BCUT2D eigenvalue weighted by molar-refractivity contribution is 0.297. The summed E-state index contributed by atoms with van der Waals surface area (Å²) in [7, 11) is 0. The molecule has 0 unspecified atom stereocenters. The quantitative estimate of drug-likeness (QED) is 0.642. The fraction of sp³-hybridized carbons (Fsp3) is 0.667. The van der Waals surface area contributed by atoms with Gasteiger partial charge in [-0.05, 0) is 56.1 Å². The van der Waals surface area contributed by atoms with Crippen LogP contribution in [0, 0.1) is 17.6 Å². The maximum Gasteiger partial charge on any atom is 0.165 e. The van der Waals surface area contributed by atoms with E-state index in [1.54, 1.807) is 6.92 Å². The second-order valence-electron chi connectivity index (χ2n) is 6.10. The Morgan fingerprint density at radius 1 is 1.05 bits per heavy atom. The summed E-state index contributed by atoms with van der Waals surface area (Å²) in [5.41, 5.74) is 0.532. The molecule has 0 saturated heterocycles. The Morgan fingerprint density at radius 3 is 2.38 bits per heavy atom. The van der Waals surface area contributed by atoms with Crippen molar-refractivity contribution in [2.24, 2.45) is 5.92 Å². The van der Waals surface area contributed by atoms with Crippen molar-refractivity contribution in [2.45, 2.75) is 64.7 Å². The van der Waals surface area contributed by atoms with Gasteiger partial charge in [0.15, 0.2) is 11.6 Å². The van der Waals surface area contributed by atoms with Crippen LogP contribution in [0.4, 0.5) is 8.78 Å². The van der Waals surface area contributed by atoms with Crippen LogP contribution in [0.5, 0.6) is 5.75 Å². The smallest absolute Gasteiger partial charge is 0.165 e. The summed E-state index contributed by atoms with van der Waals surface area (Å²) in [6.45, 7) is 4.32. The van der Waals surface area contributed by atoms with Crippen LogP contribution in [0.2, 0.25) is 0 Å². The van der Waals surface area contributed by atoms with E-state index >= 15 is 0 Å². The summed E-state index contributed by atoms with van der Waals surface area (Å²) in [6.07, 6.45) is 8.01. The van der Waals surface area contributed by atoms with Crippen molar-refractivity contribution < 1.29 is 13.5 Å². The Hall–Kier alpha value is -1.12. The van der Waals surface area contributed by atoms with Crippen LogP contribution in [0.15, 0.2) is 12.1 Å². The summed E-state index contributed by atoms with van der Waals surface area (Å²) in [4.78, 5) is 0. The van der Waals surface area contributed by atoms with E-state index in [-0.39, 0.29) is 17.5 Å².